The summed E-state index contributed by atoms with van der Waals surface area (Å²) in [4.78, 5) is 26.9. The fourth-order valence-corrected chi connectivity index (χ4v) is 4.66. The highest BCUT2D eigenvalue weighted by Crippen LogP contribution is 2.36. The van der Waals surface area contributed by atoms with Crippen molar-refractivity contribution in [1.82, 2.24) is 4.90 Å². The van der Waals surface area contributed by atoms with Gasteiger partial charge in [-0.15, -0.1) is 0 Å². The van der Waals surface area contributed by atoms with Crippen molar-refractivity contribution in [3.8, 4) is 5.75 Å². The summed E-state index contributed by atoms with van der Waals surface area (Å²) >= 11 is 19.5. The van der Waals surface area contributed by atoms with Crippen LogP contribution >= 0.6 is 46.6 Å². The maximum absolute atomic E-state index is 13.0. The van der Waals surface area contributed by atoms with Crippen LogP contribution in [0, 0.1) is 0 Å². The Bertz CT molecular complexity index is 1210. The van der Waals surface area contributed by atoms with Gasteiger partial charge in [-0.05, 0) is 42.1 Å². The van der Waals surface area contributed by atoms with Crippen LogP contribution in [-0.4, -0.2) is 16.0 Å². The lowest BCUT2D eigenvalue weighted by Crippen LogP contribution is -2.27. The van der Waals surface area contributed by atoms with Crippen LogP contribution in [0.15, 0.2) is 71.6 Å². The third-order valence-electron chi connectivity index (χ3n) is 4.80. The number of rotatable bonds is 6. The van der Waals surface area contributed by atoms with Crippen LogP contribution in [0.4, 0.5) is 4.79 Å². The SMILES string of the molecule is O=C1S/C(=C/c2ccccc2OCc2ccccc2Cl)C(=O)N1Cc1c(Cl)cccc1Cl. The van der Waals surface area contributed by atoms with Crippen molar-refractivity contribution in [2.24, 2.45) is 0 Å². The second-order valence-electron chi connectivity index (χ2n) is 6.89. The topological polar surface area (TPSA) is 46.6 Å². The van der Waals surface area contributed by atoms with Crippen molar-refractivity contribution in [1.29, 1.82) is 0 Å². The van der Waals surface area contributed by atoms with E-state index in [0.717, 1.165) is 22.2 Å². The van der Waals surface area contributed by atoms with Crippen LogP contribution in [0.1, 0.15) is 16.7 Å². The highest BCUT2D eigenvalue weighted by molar-refractivity contribution is 8.18. The van der Waals surface area contributed by atoms with E-state index in [9.17, 15) is 9.59 Å². The molecule has 0 radical (unpaired) electrons. The predicted molar refractivity (Wildman–Crippen MR) is 130 cm³/mol. The number of carbonyl (C=O) groups excluding carboxylic acids is 2. The number of hydrogen-bond donors (Lipinski definition) is 0. The van der Waals surface area contributed by atoms with Crippen molar-refractivity contribution in [2.45, 2.75) is 13.2 Å². The summed E-state index contributed by atoms with van der Waals surface area (Å²) in [6.45, 7) is 0.280. The van der Waals surface area contributed by atoms with Gasteiger partial charge in [-0.25, -0.2) is 0 Å². The molecular formula is C24H16Cl3NO3S. The molecule has 3 aromatic carbocycles. The number of imide groups is 1. The fraction of sp³-hybridized carbons (Fsp3) is 0.0833. The van der Waals surface area contributed by atoms with Crippen LogP contribution in [0.25, 0.3) is 6.08 Å². The first-order valence-corrected chi connectivity index (χ1v) is 11.5. The molecule has 32 heavy (non-hydrogen) atoms. The lowest BCUT2D eigenvalue weighted by molar-refractivity contribution is -0.123. The van der Waals surface area contributed by atoms with Gasteiger partial charge < -0.3 is 4.74 Å². The van der Waals surface area contributed by atoms with Gasteiger partial charge >= 0.3 is 0 Å². The molecule has 0 atom stereocenters. The van der Waals surface area contributed by atoms with Crippen LogP contribution in [0.2, 0.25) is 15.1 Å². The van der Waals surface area contributed by atoms with Crippen LogP contribution in [0.5, 0.6) is 5.75 Å². The van der Waals surface area contributed by atoms with Crippen molar-refractivity contribution < 1.29 is 14.3 Å². The Hall–Kier alpha value is -2.44. The molecule has 1 saturated heterocycles. The minimum atomic E-state index is -0.406. The average molecular weight is 505 g/mol. The van der Waals surface area contributed by atoms with E-state index in [-0.39, 0.29) is 18.4 Å². The standard InChI is InChI=1S/C24H16Cl3NO3S/c25-18-8-3-1-7-16(18)14-31-21-11-4-2-6-15(21)12-22-23(29)28(24(30)32-22)13-17-19(26)9-5-10-20(17)27/h1-12H,13-14H2/b22-12+. The summed E-state index contributed by atoms with van der Waals surface area (Å²) in [6, 6.07) is 19.8. The quantitative estimate of drug-likeness (QED) is 0.327. The first kappa shape index (κ1) is 22.7. The Morgan fingerprint density at radius 3 is 2.25 bits per heavy atom. The molecule has 1 aliphatic rings. The monoisotopic (exact) mass is 503 g/mol. The molecule has 1 aliphatic heterocycles. The van der Waals surface area contributed by atoms with E-state index < -0.39 is 5.91 Å². The minimum absolute atomic E-state index is 0.00513. The van der Waals surface area contributed by atoms with Gasteiger partial charge in [-0.3, -0.25) is 14.5 Å². The summed E-state index contributed by atoms with van der Waals surface area (Å²) in [5.41, 5.74) is 2.06. The zero-order valence-corrected chi connectivity index (χ0v) is 19.6. The van der Waals surface area contributed by atoms with Gasteiger partial charge in [0.2, 0.25) is 0 Å². The third-order valence-corrected chi connectivity index (χ3v) is 6.78. The summed E-state index contributed by atoms with van der Waals surface area (Å²) in [5, 5.41) is 1.04. The third kappa shape index (κ3) is 4.97. The van der Waals surface area contributed by atoms with Crippen LogP contribution in [0.3, 0.4) is 0 Å². The normalized spacial score (nSPS) is 15.0. The van der Waals surface area contributed by atoms with Gasteiger partial charge in [-0.2, -0.15) is 0 Å². The molecule has 4 rings (SSSR count). The molecule has 8 heteroatoms. The first-order chi connectivity index (χ1) is 15.4. The maximum Gasteiger partial charge on any atom is 0.293 e. The summed E-state index contributed by atoms with van der Waals surface area (Å²) in [6.07, 6.45) is 1.65. The molecule has 0 N–H and O–H groups in total. The average Bonchev–Trinajstić information content (AvgIpc) is 3.04. The molecule has 0 bridgehead atoms. The van der Waals surface area contributed by atoms with Gasteiger partial charge in [-0.1, -0.05) is 77.3 Å². The van der Waals surface area contributed by atoms with E-state index in [1.165, 1.54) is 0 Å². The van der Waals surface area contributed by atoms with E-state index in [2.05, 4.69) is 0 Å². The Kier molecular flexibility index (Phi) is 7.11. The number of amides is 2. The number of benzene rings is 3. The first-order valence-electron chi connectivity index (χ1n) is 9.57. The lowest BCUT2D eigenvalue weighted by Gasteiger charge is -2.14. The zero-order chi connectivity index (χ0) is 22.7. The van der Waals surface area contributed by atoms with E-state index in [4.69, 9.17) is 39.5 Å². The summed E-state index contributed by atoms with van der Waals surface area (Å²) in [7, 11) is 0. The second kappa shape index (κ2) is 10.0. The highest BCUT2D eigenvalue weighted by Gasteiger charge is 2.35. The Labute approximate surface area is 204 Å². The molecule has 0 aromatic heterocycles. The van der Waals surface area contributed by atoms with Crippen molar-refractivity contribution in [3.05, 3.63) is 103 Å². The number of ether oxygens (including phenoxy) is 1. The molecule has 1 fully saturated rings. The number of hydrogen-bond acceptors (Lipinski definition) is 4. The van der Waals surface area contributed by atoms with Gasteiger partial charge in [0.1, 0.15) is 12.4 Å². The van der Waals surface area contributed by atoms with E-state index in [1.807, 2.05) is 36.4 Å². The van der Waals surface area contributed by atoms with Crippen molar-refractivity contribution in [3.63, 3.8) is 0 Å². The van der Waals surface area contributed by atoms with Crippen molar-refractivity contribution >= 4 is 63.8 Å². The molecule has 4 nitrogen and oxygen atoms in total. The zero-order valence-electron chi connectivity index (χ0n) is 16.6. The van der Waals surface area contributed by atoms with Gasteiger partial charge in [0.05, 0.1) is 11.4 Å². The van der Waals surface area contributed by atoms with E-state index in [0.29, 0.717) is 36.8 Å². The molecule has 162 valence electrons. The fourth-order valence-electron chi connectivity index (χ4n) is 3.12. The Morgan fingerprint density at radius 2 is 1.50 bits per heavy atom. The van der Waals surface area contributed by atoms with Crippen LogP contribution in [-0.2, 0) is 17.9 Å². The minimum Gasteiger partial charge on any atom is -0.488 e. The molecule has 3 aromatic rings. The predicted octanol–water partition coefficient (Wildman–Crippen LogP) is 7.46. The molecule has 0 spiro atoms. The summed E-state index contributed by atoms with van der Waals surface area (Å²) < 4.78 is 5.95. The maximum atomic E-state index is 13.0. The molecular weight excluding hydrogens is 489 g/mol. The molecule has 0 saturated carbocycles. The van der Waals surface area contributed by atoms with Crippen molar-refractivity contribution in [2.75, 3.05) is 0 Å². The number of carbonyl (C=O) groups is 2. The molecule has 2 amide bonds. The molecule has 1 heterocycles. The van der Waals surface area contributed by atoms with Crippen LogP contribution < -0.4 is 4.74 Å². The largest absolute Gasteiger partial charge is 0.488 e. The molecule has 0 unspecified atom stereocenters. The van der Waals surface area contributed by atoms with Gasteiger partial charge in [0, 0.05) is 31.8 Å². The molecule has 0 aliphatic carbocycles. The Morgan fingerprint density at radius 1 is 0.844 bits per heavy atom. The van der Waals surface area contributed by atoms with E-state index in [1.54, 1.807) is 36.4 Å². The van der Waals surface area contributed by atoms with Gasteiger partial charge in [0.25, 0.3) is 11.1 Å². The lowest BCUT2D eigenvalue weighted by atomic mass is 10.1. The Balaban J connectivity index is 1.55. The van der Waals surface area contributed by atoms with E-state index >= 15 is 0 Å². The highest BCUT2D eigenvalue weighted by atomic mass is 35.5. The number of para-hydroxylation sites is 1. The summed E-state index contributed by atoms with van der Waals surface area (Å²) in [5.74, 6) is 0.172. The smallest absolute Gasteiger partial charge is 0.293 e. The number of nitrogens with zero attached hydrogens (tertiary/aromatic N) is 1. The number of thioether (sulfide) groups is 1. The number of halogens is 3. The van der Waals surface area contributed by atoms with Gasteiger partial charge in [0.15, 0.2) is 0 Å². The second-order valence-corrected chi connectivity index (χ2v) is 9.10.